The Morgan fingerprint density at radius 1 is 1.64 bits per heavy atom. The zero-order chi connectivity index (χ0) is 9.97. The van der Waals surface area contributed by atoms with Gasteiger partial charge in [-0.25, -0.2) is 4.98 Å². The van der Waals surface area contributed by atoms with Gasteiger partial charge < -0.3 is 14.7 Å². The van der Waals surface area contributed by atoms with E-state index in [1.807, 2.05) is 12.1 Å². The minimum absolute atomic E-state index is 0.256. The van der Waals surface area contributed by atoms with Gasteiger partial charge >= 0.3 is 0 Å². The lowest BCUT2D eigenvalue weighted by molar-refractivity contribution is 0.199. The second-order valence-electron chi connectivity index (χ2n) is 3.48. The summed E-state index contributed by atoms with van der Waals surface area (Å²) in [6.07, 6.45) is 1.75. The maximum absolute atomic E-state index is 8.90. The van der Waals surface area contributed by atoms with Crippen LogP contribution in [0.3, 0.4) is 0 Å². The van der Waals surface area contributed by atoms with Crippen LogP contribution in [0.2, 0.25) is 0 Å². The van der Waals surface area contributed by atoms with Gasteiger partial charge in [0, 0.05) is 31.8 Å². The van der Waals surface area contributed by atoms with Crippen molar-refractivity contribution in [3.63, 3.8) is 0 Å². The largest absolute Gasteiger partial charge is 0.493 e. The van der Waals surface area contributed by atoms with E-state index in [1.54, 1.807) is 13.3 Å². The molecule has 4 heteroatoms. The molecule has 0 bridgehead atoms. The summed E-state index contributed by atoms with van der Waals surface area (Å²) in [7, 11) is 1.64. The number of aromatic nitrogens is 1. The first kappa shape index (κ1) is 9.27. The maximum atomic E-state index is 8.90. The number of aliphatic hydroxyl groups excluding tert-OH is 1. The highest BCUT2D eigenvalue weighted by Crippen LogP contribution is 2.30. The summed E-state index contributed by atoms with van der Waals surface area (Å²) in [6.45, 7) is 1.99. The molecule has 1 aliphatic rings. The molecule has 2 heterocycles. The monoisotopic (exact) mass is 194 g/mol. The van der Waals surface area contributed by atoms with Gasteiger partial charge in [0.25, 0.3) is 0 Å². The lowest BCUT2D eigenvalue weighted by atomic mass is 10.0. The van der Waals surface area contributed by atoms with Crippen molar-refractivity contribution in [3.05, 3.63) is 18.3 Å². The highest BCUT2D eigenvalue weighted by Gasteiger charge is 2.28. The van der Waals surface area contributed by atoms with E-state index in [2.05, 4.69) is 9.88 Å². The van der Waals surface area contributed by atoms with E-state index < -0.39 is 0 Å². The maximum Gasteiger partial charge on any atom is 0.171 e. The van der Waals surface area contributed by atoms with E-state index in [1.165, 1.54) is 0 Å². The molecule has 1 aliphatic heterocycles. The molecule has 0 atom stereocenters. The van der Waals surface area contributed by atoms with Gasteiger partial charge in [-0.1, -0.05) is 0 Å². The van der Waals surface area contributed by atoms with Crippen molar-refractivity contribution in [2.24, 2.45) is 5.92 Å². The molecule has 1 fully saturated rings. The topological polar surface area (TPSA) is 45.6 Å². The van der Waals surface area contributed by atoms with E-state index in [-0.39, 0.29) is 6.61 Å². The number of hydrogen-bond acceptors (Lipinski definition) is 4. The van der Waals surface area contributed by atoms with Gasteiger partial charge in [-0.3, -0.25) is 0 Å². The summed E-state index contributed by atoms with van der Waals surface area (Å²) in [5.41, 5.74) is 0. The molecular weight excluding hydrogens is 180 g/mol. The van der Waals surface area contributed by atoms with Crippen molar-refractivity contribution in [3.8, 4) is 5.75 Å². The fraction of sp³-hybridized carbons (Fsp3) is 0.500. The van der Waals surface area contributed by atoms with E-state index in [0.29, 0.717) is 5.92 Å². The predicted molar refractivity (Wildman–Crippen MR) is 53.6 cm³/mol. The minimum Gasteiger partial charge on any atom is -0.493 e. The Kier molecular flexibility index (Phi) is 2.54. The second kappa shape index (κ2) is 3.84. The molecule has 1 N–H and O–H groups in total. The Bertz CT molecular complexity index is 311. The molecule has 1 saturated heterocycles. The lowest BCUT2D eigenvalue weighted by Crippen LogP contribution is -2.48. The number of methoxy groups -OCH3 is 1. The summed E-state index contributed by atoms with van der Waals surface area (Å²) in [4.78, 5) is 6.37. The molecule has 76 valence electrons. The molecular formula is C10H14N2O2. The highest BCUT2D eigenvalue weighted by atomic mass is 16.5. The Labute approximate surface area is 83.1 Å². The van der Waals surface area contributed by atoms with Gasteiger partial charge in [0.05, 0.1) is 7.11 Å². The average Bonchev–Trinajstić information content (AvgIpc) is 2.17. The number of pyridine rings is 1. The van der Waals surface area contributed by atoms with Crippen molar-refractivity contribution >= 4 is 5.82 Å². The number of aliphatic hydroxyl groups is 1. The van der Waals surface area contributed by atoms with Crippen LogP contribution in [0.25, 0.3) is 0 Å². The average molecular weight is 194 g/mol. The lowest BCUT2D eigenvalue weighted by Gasteiger charge is -2.39. The number of hydrogen-bond donors (Lipinski definition) is 1. The first-order valence-corrected chi connectivity index (χ1v) is 4.70. The molecule has 14 heavy (non-hydrogen) atoms. The van der Waals surface area contributed by atoms with Crippen LogP contribution in [-0.2, 0) is 0 Å². The Morgan fingerprint density at radius 2 is 2.43 bits per heavy atom. The number of ether oxygens (including phenoxy) is 1. The number of anilines is 1. The zero-order valence-electron chi connectivity index (χ0n) is 8.18. The molecule has 0 radical (unpaired) electrons. The summed E-state index contributed by atoms with van der Waals surface area (Å²) >= 11 is 0. The van der Waals surface area contributed by atoms with Crippen LogP contribution < -0.4 is 9.64 Å². The number of nitrogens with zero attached hydrogens (tertiary/aromatic N) is 2. The van der Waals surface area contributed by atoms with Crippen molar-refractivity contribution < 1.29 is 9.84 Å². The molecule has 4 nitrogen and oxygen atoms in total. The smallest absolute Gasteiger partial charge is 0.171 e. The predicted octanol–water partition coefficient (Wildman–Crippen LogP) is 0.519. The number of rotatable bonds is 3. The van der Waals surface area contributed by atoms with Crippen LogP contribution >= 0.6 is 0 Å². The van der Waals surface area contributed by atoms with Gasteiger partial charge in [0.2, 0.25) is 0 Å². The van der Waals surface area contributed by atoms with E-state index in [4.69, 9.17) is 9.84 Å². The zero-order valence-corrected chi connectivity index (χ0v) is 8.18. The second-order valence-corrected chi connectivity index (χ2v) is 3.48. The van der Waals surface area contributed by atoms with Gasteiger partial charge in [-0.15, -0.1) is 0 Å². The first-order chi connectivity index (χ1) is 6.85. The van der Waals surface area contributed by atoms with Crippen LogP contribution in [0.5, 0.6) is 5.75 Å². The van der Waals surface area contributed by atoms with Gasteiger partial charge in [0.15, 0.2) is 11.6 Å². The fourth-order valence-electron chi connectivity index (χ4n) is 1.64. The summed E-state index contributed by atoms with van der Waals surface area (Å²) < 4.78 is 5.20. The van der Waals surface area contributed by atoms with Crippen molar-refractivity contribution in [2.75, 3.05) is 31.7 Å². The molecule has 0 saturated carbocycles. The third-order valence-corrected chi connectivity index (χ3v) is 2.49. The minimum atomic E-state index is 0.256. The Morgan fingerprint density at radius 3 is 3.07 bits per heavy atom. The summed E-state index contributed by atoms with van der Waals surface area (Å²) in [6, 6.07) is 3.75. The molecule has 0 spiro atoms. The molecule has 0 aliphatic carbocycles. The van der Waals surface area contributed by atoms with Gasteiger partial charge in [0.1, 0.15) is 0 Å². The quantitative estimate of drug-likeness (QED) is 0.762. The normalized spacial score (nSPS) is 16.6. The molecule has 1 aromatic rings. The van der Waals surface area contributed by atoms with Crippen molar-refractivity contribution in [1.29, 1.82) is 0 Å². The van der Waals surface area contributed by atoms with E-state index in [0.717, 1.165) is 24.7 Å². The molecule has 2 rings (SSSR count). The molecule has 0 unspecified atom stereocenters. The third kappa shape index (κ3) is 1.53. The Hall–Kier alpha value is -1.29. The molecule has 1 aromatic heterocycles. The van der Waals surface area contributed by atoms with E-state index in [9.17, 15) is 0 Å². The van der Waals surface area contributed by atoms with Crippen molar-refractivity contribution in [2.45, 2.75) is 0 Å². The molecule has 0 aromatic carbocycles. The standard InChI is InChI=1S/C10H14N2O2/c1-14-9-3-2-4-11-10(9)12-5-8(6-12)7-13/h2-4,8,13H,5-7H2,1H3. The van der Waals surface area contributed by atoms with Crippen LogP contribution in [-0.4, -0.2) is 36.9 Å². The summed E-state index contributed by atoms with van der Waals surface area (Å²) in [5, 5.41) is 8.90. The van der Waals surface area contributed by atoms with Crippen molar-refractivity contribution in [1.82, 2.24) is 4.98 Å². The molecule has 0 amide bonds. The Balaban J connectivity index is 2.10. The van der Waals surface area contributed by atoms with Crippen LogP contribution in [0, 0.1) is 5.92 Å². The first-order valence-electron chi connectivity index (χ1n) is 4.70. The highest BCUT2D eigenvalue weighted by molar-refractivity contribution is 5.53. The fourth-order valence-corrected chi connectivity index (χ4v) is 1.64. The third-order valence-electron chi connectivity index (χ3n) is 2.49. The van der Waals surface area contributed by atoms with E-state index >= 15 is 0 Å². The van der Waals surface area contributed by atoms with Crippen LogP contribution in [0.4, 0.5) is 5.82 Å². The van der Waals surface area contributed by atoms with Crippen LogP contribution in [0.1, 0.15) is 0 Å². The van der Waals surface area contributed by atoms with Crippen LogP contribution in [0.15, 0.2) is 18.3 Å². The summed E-state index contributed by atoms with van der Waals surface area (Å²) in [5.74, 6) is 2.06. The van der Waals surface area contributed by atoms with Gasteiger partial charge in [-0.2, -0.15) is 0 Å². The SMILES string of the molecule is COc1cccnc1N1CC(CO)C1. The van der Waals surface area contributed by atoms with Gasteiger partial charge in [-0.05, 0) is 12.1 Å².